The van der Waals surface area contributed by atoms with Gasteiger partial charge in [-0.3, -0.25) is 0 Å². The van der Waals surface area contributed by atoms with Gasteiger partial charge in [0.15, 0.2) is 11.5 Å². The Balaban J connectivity index is 1.44. The molecule has 3 aromatic rings. The molecule has 0 bridgehead atoms. The van der Waals surface area contributed by atoms with E-state index in [1.165, 1.54) is 0 Å². The first-order chi connectivity index (χ1) is 14.7. The van der Waals surface area contributed by atoms with Crippen LogP contribution in [0.25, 0.3) is 0 Å². The number of hydrazone groups is 1. The third-order valence-corrected chi connectivity index (χ3v) is 6.20. The van der Waals surface area contributed by atoms with Crippen molar-refractivity contribution in [3.8, 4) is 17.2 Å². The molecule has 0 aromatic heterocycles. The van der Waals surface area contributed by atoms with Gasteiger partial charge in [0.25, 0.3) is 0 Å². The highest BCUT2D eigenvalue weighted by molar-refractivity contribution is 6.35. The van der Waals surface area contributed by atoms with Gasteiger partial charge in [0.05, 0.1) is 16.8 Å². The monoisotopic (exact) mass is 438 g/mol. The van der Waals surface area contributed by atoms with Crippen molar-refractivity contribution in [3.63, 3.8) is 0 Å². The zero-order valence-electron chi connectivity index (χ0n) is 15.7. The molecule has 6 rings (SSSR count). The fraction of sp³-hybridized carbons (Fsp3) is 0.174. The van der Waals surface area contributed by atoms with Gasteiger partial charge in [-0.1, -0.05) is 47.5 Å². The van der Waals surface area contributed by atoms with E-state index in [1.807, 2.05) is 53.5 Å². The smallest absolute Gasteiger partial charge is 0.231 e. The molecule has 150 valence electrons. The molecule has 0 saturated carbocycles. The number of fused-ring (bicyclic) bond motifs is 4. The van der Waals surface area contributed by atoms with Crippen LogP contribution in [0.3, 0.4) is 0 Å². The number of hydrogen-bond acceptors (Lipinski definition) is 5. The second-order valence-corrected chi connectivity index (χ2v) is 8.23. The van der Waals surface area contributed by atoms with E-state index in [0.29, 0.717) is 10.0 Å². The summed E-state index contributed by atoms with van der Waals surface area (Å²) < 4.78 is 17.3. The quantitative estimate of drug-likeness (QED) is 0.494. The Morgan fingerprint density at radius 1 is 0.867 bits per heavy atom. The molecule has 0 saturated heterocycles. The third-order valence-electron chi connectivity index (χ3n) is 5.63. The molecule has 3 aromatic carbocycles. The zero-order valence-corrected chi connectivity index (χ0v) is 17.2. The van der Waals surface area contributed by atoms with E-state index in [4.69, 9.17) is 42.5 Å². The van der Waals surface area contributed by atoms with Crippen LogP contribution < -0.4 is 14.2 Å². The van der Waals surface area contributed by atoms with E-state index < -0.39 is 6.23 Å². The van der Waals surface area contributed by atoms with Crippen molar-refractivity contribution in [1.29, 1.82) is 0 Å². The largest absolute Gasteiger partial charge is 0.464 e. The average Bonchev–Trinajstić information content (AvgIpc) is 3.40. The summed E-state index contributed by atoms with van der Waals surface area (Å²) in [6, 6.07) is 19.5. The van der Waals surface area contributed by atoms with Crippen molar-refractivity contribution in [3.05, 3.63) is 87.4 Å². The molecule has 5 nitrogen and oxygen atoms in total. The van der Waals surface area contributed by atoms with Gasteiger partial charge in [0.2, 0.25) is 13.0 Å². The Labute approximate surface area is 183 Å². The topological polar surface area (TPSA) is 43.3 Å². The van der Waals surface area contributed by atoms with E-state index in [0.717, 1.165) is 46.1 Å². The summed E-state index contributed by atoms with van der Waals surface area (Å²) in [5.74, 6) is 2.35. The summed E-state index contributed by atoms with van der Waals surface area (Å²) >= 11 is 12.6. The Bertz CT molecular complexity index is 1200. The Hall–Kier alpha value is -2.89. The number of nitrogens with zero attached hydrogens (tertiary/aromatic N) is 2. The summed E-state index contributed by atoms with van der Waals surface area (Å²) in [6.07, 6.45) is 0.308. The lowest BCUT2D eigenvalue weighted by atomic mass is 9.96. The van der Waals surface area contributed by atoms with E-state index >= 15 is 0 Å². The molecule has 0 N–H and O–H groups in total. The SMILES string of the molecule is Clc1ccc(C2Oc3ccccc3C3CC(c4ccc5c(c4)OCO5)=NN32)c(Cl)c1. The normalized spacial score (nSPS) is 21.0. The molecular weight excluding hydrogens is 423 g/mol. The van der Waals surface area contributed by atoms with Gasteiger partial charge in [0.1, 0.15) is 5.75 Å². The van der Waals surface area contributed by atoms with Gasteiger partial charge in [-0.15, -0.1) is 0 Å². The lowest BCUT2D eigenvalue weighted by Crippen LogP contribution is -2.33. The minimum Gasteiger partial charge on any atom is -0.464 e. The summed E-state index contributed by atoms with van der Waals surface area (Å²) in [4.78, 5) is 0. The maximum absolute atomic E-state index is 6.53. The molecular formula is C23H16Cl2N2O3. The van der Waals surface area contributed by atoms with Gasteiger partial charge in [-0.05, 0) is 36.4 Å². The minimum atomic E-state index is -0.443. The predicted octanol–water partition coefficient (Wildman–Crippen LogP) is 5.96. The molecule has 7 heteroatoms. The van der Waals surface area contributed by atoms with Crippen molar-refractivity contribution in [1.82, 2.24) is 5.01 Å². The van der Waals surface area contributed by atoms with Crippen molar-refractivity contribution in [2.75, 3.05) is 6.79 Å². The van der Waals surface area contributed by atoms with Crippen LogP contribution in [-0.2, 0) is 0 Å². The highest BCUT2D eigenvalue weighted by Crippen LogP contribution is 2.49. The fourth-order valence-corrected chi connectivity index (χ4v) is 4.69. The van der Waals surface area contributed by atoms with E-state index in [2.05, 4.69) is 6.07 Å². The second kappa shape index (κ2) is 6.83. The lowest BCUT2D eigenvalue weighted by Gasteiger charge is -2.38. The van der Waals surface area contributed by atoms with Crippen LogP contribution >= 0.6 is 23.2 Å². The van der Waals surface area contributed by atoms with Crippen molar-refractivity contribution in [2.24, 2.45) is 5.10 Å². The van der Waals surface area contributed by atoms with Crippen molar-refractivity contribution < 1.29 is 14.2 Å². The molecule has 0 amide bonds. The summed E-state index contributed by atoms with van der Waals surface area (Å²) in [6.45, 7) is 0.248. The van der Waals surface area contributed by atoms with Gasteiger partial charge >= 0.3 is 0 Å². The van der Waals surface area contributed by atoms with Gasteiger partial charge < -0.3 is 14.2 Å². The highest BCUT2D eigenvalue weighted by Gasteiger charge is 2.41. The molecule has 3 aliphatic rings. The number of ether oxygens (including phenoxy) is 3. The van der Waals surface area contributed by atoms with Crippen LogP contribution in [0.1, 0.15) is 35.4 Å². The summed E-state index contributed by atoms with van der Waals surface area (Å²) in [7, 11) is 0. The first-order valence-corrected chi connectivity index (χ1v) is 10.4. The van der Waals surface area contributed by atoms with E-state index in [-0.39, 0.29) is 12.8 Å². The maximum atomic E-state index is 6.53. The molecule has 3 aliphatic heterocycles. The minimum absolute atomic E-state index is 0.0483. The van der Waals surface area contributed by atoms with Crippen LogP contribution in [-0.4, -0.2) is 17.5 Å². The van der Waals surface area contributed by atoms with Crippen LogP contribution in [0, 0.1) is 0 Å². The second-order valence-electron chi connectivity index (χ2n) is 7.39. The first kappa shape index (κ1) is 17.9. The number of para-hydroxylation sites is 1. The van der Waals surface area contributed by atoms with Gasteiger partial charge in [0, 0.05) is 28.1 Å². The standard InChI is InChI=1S/C23H16Cl2N2O3/c24-14-6-7-15(17(25)10-14)23-27-19(16-3-1-2-4-20(16)30-23)11-18(26-27)13-5-8-21-22(9-13)29-12-28-21/h1-10,19,23H,11-12H2. The Kier molecular flexibility index (Phi) is 4.08. The molecule has 0 spiro atoms. The summed E-state index contributed by atoms with van der Waals surface area (Å²) in [5, 5.41) is 8.10. The summed E-state index contributed by atoms with van der Waals surface area (Å²) in [5.41, 5.74) is 3.91. The molecule has 0 fully saturated rings. The van der Waals surface area contributed by atoms with Gasteiger partial charge in [-0.2, -0.15) is 5.10 Å². The van der Waals surface area contributed by atoms with Gasteiger partial charge in [-0.25, -0.2) is 5.01 Å². The van der Waals surface area contributed by atoms with Crippen LogP contribution in [0.15, 0.2) is 65.8 Å². The molecule has 0 aliphatic carbocycles. The Morgan fingerprint density at radius 2 is 1.73 bits per heavy atom. The molecule has 2 atom stereocenters. The Morgan fingerprint density at radius 3 is 2.63 bits per heavy atom. The molecule has 3 heterocycles. The number of benzene rings is 3. The zero-order chi connectivity index (χ0) is 20.2. The van der Waals surface area contributed by atoms with E-state index in [1.54, 1.807) is 6.07 Å². The fourth-order valence-electron chi connectivity index (χ4n) is 4.19. The van der Waals surface area contributed by atoms with Crippen molar-refractivity contribution in [2.45, 2.75) is 18.7 Å². The van der Waals surface area contributed by atoms with E-state index in [9.17, 15) is 0 Å². The predicted molar refractivity (Wildman–Crippen MR) is 115 cm³/mol. The maximum Gasteiger partial charge on any atom is 0.231 e. The van der Waals surface area contributed by atoms with Crippen LogP contribution in [0.5, 0.6) is 17.2 Å². The van der Waals surface area contributed by atoms with Crippen LogP contribution in [0.4, 0.5) is 0 Å². The number of hydrogen-bond donors (Lipinski definition) is 0. The molecule has 2 unspecified atom stereocenters. The third kappa shape index (κ3) is 2.81. The number of halogens is 2. The van der Waals surface area contributed by atoms with Crippen molar-refractivity contribution >= 4 is 28.9 Å². The lowest BCUT2D eigenvalue weighted by molar-refractivity contribution is -0.0189. The van der Waals surface area contributed by atoms with Crippen LogP contribution in [0.2, 0.25) is 10.0 Å². The molecule has 0 radical (unpaired) electrons. The molecule has 30 heavy (non-hydrogen) atoms. The average molecular weight is 439 g/mol. The first-order valence-electron chi connectivity index (χ1n) is 9.64. The number of rotatable bonds is 2. The highest BCUT2D eigenvalue weighted by atomic mass is 35.5.